The summed E-state index contributed by atoms with van der Waals surface area (Å²) in [6.07, 6.45) is 2.39. The Balaban J connectivity index is 1.54. The number of rotatable bonds is 5. The van der Waals surface area contributed by atoms with Gasteiger partial charge >= 0.3 is 181 Å². The van der Waals surface area contributed by atoms with E-state index in [2.05, 4.69) is 33.8 Å². The van der Waals surface area contributed by atoms with Crippen molar-refractivity contribution in [3.8, 4) is 11.8 Å². The number of aryl methyl sites for hydroxylation is 1. The number of halogens is 4. The fourth-order valence-electron chi connectivity index (χ4n) is 5.03. The topological polar surface area (TPSA) is 29.5 Å². The number of hydrogen-bond acceptors (Lipinski definition) is 3. The molecule has 4 rings (SSSR count). The Labute approximate surface area is 221 Å². The van der Waals surface area contributed by atoms with Gasteiger partial charge in [-0.25, -0.2) is 0 Å². The molecule has 2 aromatic rings. The van der Waals surface area contributed by atoms with E-state index >= 15 is 4.39 Å². The molecule has 1 fully saturated rings. The van der Waals surface area contributed by atoms with E-state index in [1.54, 1.807) is 25.1 Å². The first-order valence-corrected chi connectivity index (χ1v) is 15.9. The number of likely N-dealkylation sites (tertiary alicyclic amines) is 1. The van der Waals surface area contributed by atoms with Gasteiger partial charge in [0.1, 0.15) is 0 Å². The Bertz CT molecular complexity index is 1110. The molecular formula is C27H28Cl2FINO2-. The fraction of sp³-hybridized carbons (Fsp3) is 0.444. The summed E-state index contributed by atoms with van der Waals surface area (Å²) >= 11 is 12.5. The third-order valence-electron chi connectivity index (χ3n) is 6.65. The second-order valence-electron chi connectivity index (χ2n) is 8.77. The minimum atomic E-state index is -1.86. The standard InChI is InChI=1S/C27H28Cl2FINO2/c1-3-34-26(33)27(30)13-14-32(20(16-27)17-31-2)25-12-9-19-15-18(7-10-21(19)25)8-11-22-23(28)5-4-6-24(22)29/h4-7,10,15,20,25H,3,9,12-14,16-17H2,1-2H3/q-1. The van der Waals surface area contributed by atoms with Crippen LogP contribution >= 0.6 is 23.2 Å². The number of fused-ring (bicyclic) bond motifs is 1. The summed E-state index contributed by atoms with van der Waals surface area (Å²) in [6, 6.07) is 12.0. The van der Waals surface area contributed by atoms with E-state index in [1.165, 1.54) is 11.1 Å². The number of benzene rings is 2. The summed E-state index contributed by atoms with van der Waals surface area (Å²) in [5, 5.41) is 1.09. The van der Waals surface area contributed by atoms with Crippen molar-refractivity contribution < 1.29 is 35.1 Å². The molecule has 0 radical (unpaired) electrons. The number of esters is 1. The summed E-state index contributed by atoms with van der Waals surface area (Å²) in [5.41, 5.74) is 2.28. The summed E-state index contributed by atoms with van der Waals surface area (Å²) in [7, 11) is 0. The van der Waals surface area contributed by atoms with Gasteiger partial charge < -0.3 is 0 Å². The number of ether oxygens (including phenoxy) is 1. The number of nitrogens with zero attached hydrogens (tertiary/aromatic N) is 1. The molecule has 1 aliphatic carbocycles. The quantitative estimate of drug-likeness (QED) is 0.225. The molecule has 0 amide bonds. The molecule has 2 aromatic carbocycles. The second-order valence-corrected chi connectivity index (χ2v) is 12.0. The summed E-state index contributed by atoms with van der Waals surface area (Å²) in [6.45, 7) is 2.51. The average Bonchev–Trinajstić information content (AvgIpc) is 3.22. The van der Waals surface area contributed by atoms with E-state index in [9.17, 15) is 4.79 Å². The molecule has 2 aliphatic rings. The van der Waals surface area contributed by atoms with Crippen molar-refractivity contribution in [2.75, 3.05) is 22.5 Å². The fourth-order valence-corrected chi connectivity index (χ4v) is 7.35. The van der Waals surface area contributed by atoms with Gasteiger partial charge in [-0.1, -0.05) is 29.3 Å². The van der Waals surface area contributed by atoms with Crippen LogP contribution in [0.25, 0.3) is 0 Å². The zero-order valence-electron chi connectivity index (χ0n) is 19.3. The van der Waals surface area contributed by atoms with Crippen LogP contribution in [0, 0.1) is 11.8 Å². The molecule has 0 aromatic heterocycles. The van der Waals surface area contributed by atoms with Crippen LogP contribution < -0.4 is 21.2 Å². The van der Waals surface area contributed by atoms with Crippen LogP contribution in [-0.4, -0.2) is 45.1 Å². The summed E-state index contributed by atoms with van der Waals surface area (Å²) < 4.78 is 21.5. The average molecular weight is 615 g/mol. The van der Waals surface area contributed by atoms with Crippen LogP contribution in [0.5, 0.6) is 0 Å². The van der Waals surface area contributed by atoms with Gasteiger partial charge in [-0.05, 0) is 12.1 Å². The van der Waals surface area contributed by atoms with Gasteiger partial charge in [-0.3, -0.25) is 0 Å². The van der Waals surface area contributed by atoms with Gasteiger partial charge in [0.15, 0.2) is 0 Å². The Morgan fingerprint density at radius 2 is 2.03 bits per heavy atom. The van der Waals surface area contributed by atoms with E-state index in [4.69, 9.17) is 27.9 Å². The van der Waals surface area contributed by atoms with Crippen LogP contribution in [0.2, 0.25) is 10.0 Å². The maximum absolute atomic E-state index is 15.5. The third kappa shape index (κ3) is 5.41. The van der Waals surface area contributed by atoms with E-state index in [1.807, 2.05) is 6.07 Å². The Hall–Kier alpha value is -1.33. The molecule has 1 saturated heterocycles. The van der Waals surface area contributed by atoms with Crippen LogP contribution in [-0.2, 0) is 16.0 Å². The van der Waals surface area contributed by atoms with Crippen molar-refractivity contribution >= 4 is 29.2 Å². The molecule has 34 heavy (non-hydrogen) atoms. The SMILES string of the molecule is CCOC(=O)C1(F)CCN(C2CCc3cc(C#Cc4c(Cl)cccc4Cl)ccc32)C(C[I-]C)C1. The van der Waals surface area contributed by atoms with Crippen molar-refractivity contribution in [2.45, 2.75) is 50.4 Å². The maximum atomic E-state index is 15.5. The third-order valence-corrected chi connectivity index (χ3v) is 9.18. The van der Waals surface area contributed by atoms with Gasteiger partial charge in [-0.2, -0.15) is 0 Å². The van der Waals surface area contributed by atoms with Crippen LogP contribution in [0.3, 0.4) is 0 Å². The molecule has 7 heteroatoms. The molecule has 3 atom stereocenters. The van der Waals surface area contributed by atoms with Gasteiger partial charge in [0.05, 0.1) is 0 Å². The van der Waals surface area contributed by atoms with Gasteiger partial charge in [0, 0.05) is 0 Å². The second kappa shape index (κ2) is 11.2. The number of alkyl halides is 3. The summed E-state index contributed by atoms with van der Waals surface area (Å²) in [5.74, 6) is 5.62. The first kappa shape index (κ1) is 25.8. The van der Waals surface area contributed by atoms with Gasteiger partial charge in [0.25, 0.3) is 0 Å². The van der Waals surface area contributed by atoms with Crippen molar-refractivity contribution in [1.29, 1.82) is 0 Å². The predicted molar refractivity (Wildman–Crippen MR) is 131 cm³/mol. The molecule has 3 nitrogen and oxygen atoms in total. The zero-order chi connectivity index (χ0) is 24.3. The molecule has 0 bridgehead atoms. The molecule has 0 saturated carbocycles. The molecule has 1 heterocycles. The predicted octanol–water partition coefficient (Wildman–Crippen LogP) is 2.84. The zero-order valence-corrected chi connectivity index (χ0v) is 23.0. The van der Waals surface area contributed by atoms with E-state index in [0.29, 0.717) is 22.2 Å². The molecule has 1 aliphatic heterocycles. The van der Waals surface area contributed by atoms with Crippen molar-refractivity contribution in [1.82, 2.24) is 4.90 Å². The molecule has 0 N–H and O–H groups in total. The Morgan fingerprint density at radius 3 is 2.74 bits per heavy atom. The Kier molecular flexibility index (Phi) is 8.45. The van der Waals surface area contributed by atoms with Crippen LogP contribution in [0.1, 0.15) is 54.5 Å². The number of carbonyl (C=O) groups is 1. The minimum absolute atomic E-state index is 0.0382. The molecule has 0 spiro atoms. The number of carbonyl (C=O) groups excluding carboxylic acids is 1. The first-order chi connectivity index (χ1) is 16.4. The van der Waals surface area contributed by atoms with E-state index in [0.717, 1.165) is 22.8 Å². The molecular weight excluding hydrogens is 587 g/mol. The Morgan fingerprint density at radius 1 is 1.26 bits per heavy atom. The van der Waals surface area contributed by atoms with Crippen molar-refractivity contribution in [3.05, 3.63) is 68.7 Å². The number of piperidine rings is 1. The van der Waals surface area contributed by atoms with Crippen molar-refractivity contribution in [2.24, 2.45) is 0 Å². The van der Waals surface area contributed by atoms with Gasteiger partial charge in [0.2, 0.25) is 0 Å². The summed E-state index contributed by atoms with van der Waals surface area (Å²) in [4.78, 5) is 17.0. The van der Waals surface area contributed by atoms with E-state index in [-0.39, 0.29) is 52.7 Å². The monoisotopic (exact) mass is 614 g/mol. The number of hydrogen-bond donors (Lipinski definition) is 0. The van der Waals surface area contributed by atoms with Crippen LogP contribution in [0.4, 0.5) is 4.39 Å². The first-order valence-electron chi connectivity index (χ1n) is 11.5. The van der Waals surface area contributed by atoms with Crippen molar-refractivity contribution in [3.63, 3.8) is 0 Å². The molecule has 3 unspecified atom stereocenters. The van der Waals surface area contributed by atoms with E-state index < -0.39 is 11.6 Å². The van der Waals surface area contributed by atoms with Gasteiger partial charge in [-0.15, -0.1) is 0 Å². The normalized spacial score (nSPS) is 24.4. The van der Waals surface area contributed by atoms with Crippen LogP contribution in [0.15, 0.2) is 36.4 Å². The molecule has 182 valence electrons.